The summed E-state index contributed by atoms with van der Waals surface area (Å²) in [7, 11) is 0. The number of fused-ring (bicyclic) bond motifs is 1. The van der Waals surface area contributed by atoms with Crippen LogP contribution < -0.4 is 10.1 Å². The molecule has 1 aliphatic rings. The fraction of sp³-hybridized carbons (Fsp3) is 0.429. The van der Waals surface area contributed by atoms with Gasteiger partial charge in [-0.3, -0.25) is 4.79 Å². The van der Waals surface area contributed by atoms with Crippen LogP contribution in [0.15, 0.2) is 24.3 Å². The third-order valence-electron chi connectivity index (χ3n) is 3.13. The monoisotopic (exact) mass is 263 g/mol. The van der Waals surface area contributed by atoms with E-state index in [9.17, 15) is 9.59 Å². The normalized spacial score (nSPS) is 18.3. The van der Waals surface area contributed by atoms with Crippen molar-refractivity contribution in [2.75, 3.05) is 0 Å². The van der Waals surface area contributed by atoms with Gasteiger partial charge in [0.1, 0.15) is 11.8 Å². The fourth-order valence-electron chi connectivity index (χ4n) is 2.14. The molecule has 0 aromatic heterocycles. The summed E-state index contributed by atoms with van der Waals surface area (Å²) in [6.07, 6.45) is 0.973. The maximum Gasteiger partial charge on any atom is 0.326 e. The topological polar surface area (TPSA) is 75.6 Å². The number of hydrogen-bond donors (Lipinski definition) is 2. The number of ether oxygens (including phenoxy) is 1. The summed E-state index contributed by atoms with van der Waals surface area (Å²) < 4.78 is 5.52. The average Bonchev–Trinajstić information content (AvgIpc) is 2.81. The van der Waals surface area contributed by atoms with Gasteiger partial charge < -0.3 is 15.2 Å². The Kier molecular flexibility index (Phi) is 4.04. The number of para-hydroxylation sites is 1. The van der Waals surface area contributed by atoms with Crippen LogP contribution in [0.3, 0.4) is 0 Å². The van der Waals surface area contributed by atoms with E-state index in [2.05, 4.69) is 5.32 Å². The molecule has 2 rings (SSSR count). The molecular weight excluding hydrogens is 246 g/mol. The van der Waals surface area contributed by atoms with Gasteiger partial charge >= 0.3 is 5.97 Å². The minimum absolute atomic E-state index is 0.364. The van der Waals surface area contributed by atoms with Gasteiger partial charge in [-0.05, 0) is 18.1 Å². The lowest BCUT2D eigenvalue weighted by atomic mass is 10.1. The van der Waals surface area contributed by atoms with Crippen LogP contribution in [-0.4, -0.2) is 29.1 Å². The molecule has 1 aromatic carbocycles. The molecule has 19 heavy (non-hydrogen) atoms. The summed E-state index contributed by atoms with van der Waals surface area (Å²) in [4.78, 5) is 23.0. The first-order chi connectivity index (χ1) is 9.11. The van der Waals surface area contributed by atoms with Crippen molar-refractivity contribution in [2.24, 2.45) is 0 Å². The Morgan fingerprint density at radius 3 is 2.84 bits per heavy atom. The summed E-state index contributed by atoms with van der Waals surface area (Å²) >= 11 is 0. The number of aliphatic carboxylic acids is 1. The summed E-state index contributed by atoms with van der Waals surface area (Å²) in [5.41, 5.74) is 0.977. The standard InChI is InChI=1S/C14H17NO4/c1-2-5-10(14(17)18)15-13(16)12-8-9-6-3-4-7-11(9)19-12/h3-4,6-7,10,12H,2,5,8H2,1H3,(H,15,16)(H,17,18). The van der Waals surface area contributed by atoms with Crippen molar-refractivity contribution in [3.63, 3.8) is 0 Å². The molecule has 0 saturated carbocycles. The second-order valence-electron chi connectivity index (χ2n) is 4.61. The molecule has 2 unspecified atom stereocenters. The van der Waals surface area contributed by atoms with Crippen molar-refractivity contribution >= 4 is 11.9 Å². The highest BCUT2D eigenvalue weighted by molar-refractivity contribution is 5.87. The van der Waals surface area contributed by atoms with E-state index in [1.807, 2.05) is 31.2 Å². The predicted octanol–water partition coefficient (Wildman–Crippen LogP) is 1.36. The van der Waals surface area contributed by atoms with Crippen LogP contribution in [0, 0.1) is 0 Å². The van der Waals surface area contributed by atoms with E-state index < -0.39 is 18.1 Å². The molecule has 5 nitrogen and oxygen atoms in total. The van der Waals surface area contributed by atoms with Crippen LogP contribution in [0.4, 0.5) is 0 Å². The number of carbonyl (C=O) groups excluding carboxylic acids is 1. The quantitative estimate of drug-likeness (QED) is 0.841. The molecule has 0 radical (unpaired) electrons. The molecule has 2 N–H and O–H groups in total. The second kappa shape index (κ2) is 5.73. The zero-order valence-corrected chi connectivity index (χ0v) is 10.8. The first-order valence-corrected chi connectivity index (χ1v) is 6.39. The third-order valence-corrected chi connectivity index (χ3v) is 3.13. The summed E-state index contributed by atoms with van der Waals surface area (Å²) in [6, 6.07) is 6.60. The van der Waals surface area contributed by atoms with Gasteiger partial charge in [0.25, 0.3) is 5.91 Å². The molecule has 0 bridgehead atoms. The number of hydrogen-bond acceptors (Lipinski definition) is 3. The van der Waals surface area contributed by atoms with E-state index in [4.69, 9.17) is 9.84 Å². The van der Waals surface area contributed by atoms with Gasteiger partial charge in [0, 0.05) is 6.42 Å². The highest BCUT2D eigenvalue weighted by Gasteiger charge is 2.31. The van der Waals surface area contributed by atoms with Crippen LogP contribution in [0.2, 0.25) is 0 Å². The zero-order valence-electron chi connectivity index (χ0n) is 10.8. The lowest BCUT2D eigenvalue weighted by molar-refractivity contribution is -0.143. The second-order valence-corrected chi connectivity index (χ2v) is 4.61. The number of nitrogens with one attached hydrogen (secondary N) is 1. The van der Waals surface area contributed by atoms with Crippen LogP contribution in [0.5, 0.6) is 5.75 Å². The Hall–Kier alpha value is -2.04. The van der Waals surface area contributed by atoms with Crippen molar-refractivity contribution in [3.8, 4) is 5.75 Å². The van der Waals surface area contributed by atoms with Crippen LogP contribution >= 0.6 is 0 Å². The number of rotatable bonds is 5. The first kappa shape index (κ1) is 13.4. The zero-order chi connectivity index (χ0) is 13.8. The molecular formula is C14H17NO4. The lowest BCUT2D eigenvalue weighted by Crippen LogP contribution is -2.46. The van der Waals surface area contributed by atoms with Gasteiger partial charge in [0.15, 0.2) is 6.10 Å². The maximum atomic E-state index is 12.0. The van der Waals surface area contributed by atoms with Crippen molar-refractivity contribution in [3.05, 3.63) is 29.8 Å². The maximum absolute atomic E-state index is 12.0. The van der Waals surface area contributed by atoms with E-state index in [0.29, 0.717) is 25.0 Å². The molecule has 1 aromatic rings. The predicted molar refractivity (Wildman–Crippen MR) is 69.0 cm³/mol. The molecule has 0 fully saturated rings. The van der Waals surface area contributed by atoms with Gasteiger partial charge in [-0.25, -0.2) is 4.79 Å². The van der Waals surface area contributed by atoms with Crippen molar-refractivity contribution in [2.45, 2.75) is 38.3 Å². The first-order valence-electron chi connectivity index (χ1n) is 6.39. The average molecular weight is 263 g/mol. The van der Waals surface area contributed by atoms with E-state index in [1.165, 1.54) is 0 Å². The van der Waals surface area contributed by atoms with E-state index in [1.54, 1.807) is 0 Å². The van der Waals surface area contributed by atoms with Gasteiger partial charge in [-0.1, -0.05) is 31.5 Å². The number of carbonyl (C=O) groups is 2. The van der Waals surface area contributed by atoms with Crippen molar-refractivity contribution in [1.82, 2.24) is 5.32 Å². The summed E-state index contributed by atoms with van der Waals surface area (Å²) in [5.74, 6) is -0.673. The molecule has 0 aliphatic carbocycles. The molecule has 0 saturated heterocycles. The molecule has 102 valence electrons. The molecule has 1 amide bonds. The highest BCUT2D eigenvalue weighted by Crippen LogP contribution is 2.28. The molecule has 1 heterocycles. The van der Waals surface area contributed by atoms with Gasteiger partial charge in [-0.2, -0.15) is 0 Å². The van der Waals surface area contributed by atoms with Crippen molar-refractivity contribution < 1.29 is 19.4 Å². The molecule has 1 aliphatic heterocycles. The Bertz CT molecular complexity index is 461. The Morgan fingerprint density at radius 2 is 2.21 bits per heavy atom. The SMILES string of the molecule is CCCC(NC(=O)C1Cc2ccccc2O1)C(=O)O. The number of carboxylic acid groups (broad SMARTS) is 1. The summed E-state index contributed by atoms with van der Waals surface area (Å²) in [6.45, 7) is 1.88. The van der Waals surface area contributed by atoms with E-state index in [0.717, 1.165) is 5.56 Å². The molecule has 0 spiro atoms. The number of amides is 1. The van der Waals surface area contributed by atoms with E-state index in [-0.39, 0.29) is 5.91 Å². The lowest BCUT2D eigenvalue weighted by Gasteiger charge is -2.16. The Morgan fingerprint density at radius 1 is 1.47 bits per heavy atom. The minimum atomic E-state index is -1.01. The molecule has 2 atom stereocenters. The van der Waals surface area contributed by atoms with E-state index >= 15 is 0 Å². The molecule has 5 heteroatoms. The number of carboxylic acids is 1. The van der Waals surface area contributed by atoms with Gasteiger partial charge in [0.05, 0.1) is 0 Å². The van der Waals surface area contributed by atoms with Crippen LogP contribution in [0.25, 0.3) is 0 Å². The third kappa shape index (κ3) is 3.05. The Balaban J connectivity index is 1.97. The Labute approximate surface area is 111 Å². The van der Waals surface area contributed by atoms with Crippen LogP contribution in [0.1, 0.15) is 25.3 Å². The highest BCUT2D eigenvalue weighted by atomic mass is 16.5. The van der Waals surface area contributed by atoms with Crippen molar-refractivity contribution in [1.29, 1.82) is 0 Å². The minimum Gasteiger partial charge on any atom is -0.480 e. The fourth-order valence-corrected chi connectivity index (χ4v) is 2.14. The largest absolute Gasteiger partial charge is 0.480 e. The number of benzene rings is 1. The van der Waals surface area contributed by atoms with Gasteiger partial charge in [-0.15, -0.1) is 0 Å². The smallest absolute Gasteiger partial charge is 0.326 e. The van der Waals surface area contributed by atoms with Gasteiger partial charge in [0.2, 0.25) is 0 Å². The summed E-state index contributed by atoms with van der Waals surface area (Å²) in [5, 5.41) is 11.5. The van der Waals surface area contributed by atoms with Crippen LogP contribution in [-0.2, 0) is 16.0 Å².